The molecule has 0 amide bonds. The number of hydrogen-bond acceptors (Lipinski definition) is 3. The van der Waals surface area contributed by atoms with Gasteiger partial charge in [0, 0.05) is 29.6 Å². The molecule has 0 aromatic heterocycles. The molecule has 1 heterocycles. The monoisotopic (exact) mass is 259 g/mol. The van der Waals surface area contributed by atoms with Gasteiger partial charge in [-0.3, -0.25) is 0 Å². The van der Waals surface area contributed by atoms with Crippen molar-refractivity contribution in [3.63, 3.8) is 0 Å². The van der Waals surface area contributed by atoms with Crippen molar-refractivity contribution in [2.45, 2.75) is 12.6 Å². The molecule has 1 N–H and O–H groups in total. The Bertz CT molecular complexity index is 555. The normalized spacial score (nSPS) is 21.9. The Morgan fingerprint density at radius 2 is 2.12 bits per heavy atom. The minimum Gasteiger partial charge on any atom is -0.305 e. The van der Waals surface area contributed by atoms with E-state index in [1.54, 1.807) is 0 Å². The van der Waals surface area contributed by atoms with E-state index in [0.29, 0.717) is 5.56 Å². The molecular formula is C11H11F2NO2S. The Kier molecular flexibility index (Phi) is 3.26. The van der Waals surface area contributed by atoms with Crippen molar-refractivity contribution < 1.29 is 17.2 Å². The Hall–Kier alpha value is -1.27. The highest BCUT2D eigenvalue weighted by Crippen LogP contribution is 2.12. The predicted molar refractivity (Wildman–Crippen MR) is 59.9 cm³/mol. The van der Waals surface area contributed by atoms with Crippen LogP contribution in [0.5, 0.6) is 0 Å². The molecule has 0 radical (unpaired) electrons. The van der Waals surface area contributed by atoms with Crippen LogP contribution in [0.2, 0.25) is 0 Å². The summed E-state index contributed by atoms with van der Waals surface area (Å²) in [5.74, 6) is -1.28. The van der Waals surface area contributed by atoms with Crippen molar-refractivity contribution in [3.05, 3.63) is 46.9 Å². The number of hydrogen-bond donors (Lipinski definition) is 1. The van der Waals surface area contributed by atoms with Gasteiger partial charge in [-0.05, 0) is 6.07 Å². The third-order valence-electron chi connectivity index (χ3n) is 2.50. The standard InChI is InChI=1S/C11H11F2NO2S/c12-9-2-1-8(11(13)5-9)6-14-10-3-4-17(15,16)7-10/h1-5,10,14H,6-7H2. The summed E-state index contributed by atoms with van der Waals surface area (Å²) < 4.78 is 48.1. The minimum atomic E-state index is -3.11. The molecule has 1 aliphatic heterocycles. The largest absolute Gasteiger partial charge is 0.305 e. The molecule has 0 saturated heterocycles. The first kappa shape index (κ1) is 12.2. The van der Waals surface area contributed by atoms with Gasteiger partial charge in [0.2, 0.25) is 0 Å². The third-order valence-corrected chi connectivity index (χ3v) is 3.90. The first-order chi connectivity index (χ1) is 7.96. The van der Waals surface area contributed by atoms with Gasteiger partial charge in [-0.25, -0.2) is 17.2 Å². The molecule has 1 aromatic carbocycles. The Morgan fingerprint density at radius 1 is 1.35 bits per heavy atom. The minimum absolute atomic E-state index is 0.0180. The molecule has 0 saturated carbocycles. The zero-order chi connectivity index (χ0) is 12.5. The number of sulfone groups is 1. The summed E-state index contributed by atoms with van der Waals surface area (Å²) in [6, 6.07) is 2.99. The van der Waals surface area contributed by atoms with Crippen molar-refractivity contribution in [2.75, 3.05) is 5.75 Å². The van der Waals surface area contributed by atoms with Crippen LogP contribution in [0.1, 0.15) is 5.56 Å². The van der Waals surface area contributed by atoms with Gasteiger partial charge in [-0.2, -0.15) is 0 Å². The fraction of sp³-hybridized carbons (Fsp3) is 0.273. The zero-order valence-electron chi connectivity index (χ0n) is 8.86. The van der Waals surface area contributed by atoms with Crippen LogP contribution in [-0.2, 0) is 16.4 Å². The average molecular weight is 259 g/mol. The van der Waals surface area contributed by atoms with E-state index >= 15 is 0 Å². The summed E-state index contributed by atoms with van der Waals surface area (Å²) in [5, 5.41) is 4.03. The highest BCUT2D eigenvalue weighted by molar-refractivity contribution is 7.94. The van der Waals surface area contributed by atoms with Crippen LogP contribution in [0.15, 0.2) is 29.7 Å². The van der Waals surface area contributed by atoms with Crippen LogP contribution in [0, 0.1) is 11.6 Å². The van der Waals surface area contributed by atoms with Crippen molar-refractivity contribution in [1.29, 1.82) is 0 Å². The van der Waals surface area contributed by atoms with E-state index in [4.69, 9.17) is 0 Å². The highest BCUT2D eigenvalue weighted by Gasteiger charge is 2.21. The first-order valence-corrected chi connectivity index (χ1v) is 6.76. The van der Waals surface area contributed by atoms with Gasteiger partial charge in [0.25, 0.3) is 0 Å². The molecule has 1 aromatic rings. The van der Waals surface area contributed by atoms with E-state index in [9.17, 15) is 17.2 Å². The Labute approximate surface area is 98.1 Å². The quantitative estimate of drug-likeness (QED) is 0.891. The van der Waals surface area contributed by atoms with Crippen LogP contribution < -0.4 is 5.32 Å². The lowest BCUT2D eigenvalue weighted by Gasteiger charge is -2.10. The van der Waals surface area contributed by atoms with Crippen LogP contribution in [-0.4, -0.2) is 20.2 Å². The molecule has 92 valence electrons. The maximum absolute atomic E-state index is 13.3. The van der Waals surface area contributed by atoms with Crippen LogP contribution in [0.4, 0.5) is 8.78 Å². The fourth-order valence-electron chi connectivity index (χ4n) is 1.61. The van der Waals surface area contributed by atoms with E-state index in [1.807, 2.05) is 0 Å². The summed E-state index contributed by atoms with van der Waals surface area (Å²) in [6.45, 7) is 0.163. The number of benzene rings is 1. The molecule has 1 atom stereocenters. The number of halogens is 2. The van der Waals surface area contributed by atoms with Gasteiger partial charge >= 0.3 is 0 Å². The lowest BCUT2D eigenvalue weighted by Crippen LogP contribution is -2.29. The summed E-state index contributed by atoms with van der Waals surface area (Å²) in [4.78, 5) is 0. The van der Waals surface area contributed by atoms with E-state index in [-0.39, 0.29) is 18.3 Å². The molecular weight excluding hydrogens is 248 g/mol. The van der Waals surface area contributed by atoms with Crippen LogP contribution >= 0.6 is 0 Å². The first-order valence-electron chi connectivity index (χ1n) is 5.04. The number of rotatable bonds is 3. The second kappa shape index (κ2) is 4.54. The molecule has 1 aliphatic rings. The summed E-state index contributed by atoms with van der Waals surface area (Å²) in [5.41, 5.74) is 0.309. The fourth-order valence-corrected chi connectivity index (χ4v) is 2.88. The molecule has 0 aliphatic carbocycles. The maximum Gasteiger partial charge on any atom is 0.173 e. The molecule has 0 spiro atoms. The third kappa shape index (κ3) is 3.10. The lowest BCUT2D eigenvalue weighted by molar-refractivity contribution is 0.551. The van der Waals surface area contributed by atoms with Crippen molar-refractivity contribution in [3.8, 4) is 0 Å². The van der Waals surface area contributed by atoms with Crippen LogP contribution in [0.25, 0.3) is 0 Å². The van der Waals surface area contributed by atoms with Gasteiger partial charge < -0.3 is 5.32 Å². The average Bonchev–Trinajstić information content (AvgIpc) is 2.57. The molecule has 17 heavy (non-hydrogen) atoms. The summed E-state index contributed by atoms with van der Waals surface area (Å²) in [7, 11) is -3.11. The van der Waals surface area contributed by atoms with Crippen molar-refractivity contribution in [1.82, 2.24) is 5.32 Å². The Balaban J connectivity index is 1.97. The molecule has 6 heteroatoms. The predicted octanol–water partition coefficient (Wildman–Crippen LogP) is 1.37. The topological polar surface area (TPSA) is 46.2 Å². The van der Waals surface area contributed by atoms with Gasteiger partial charge in [-0.15, -0.1) is 0 Å². The molecule has 1 unspecified atom stereocenters. The highest BCUT2D eigenvalue weighted by atomic mass is 32.2. The van der Waals surface area contributed by atoms with E-state index in [0.717, 1.165) is 11.5 Å². The van der Waals surface area contributed by atoms with E-state index in [2.05, 4.69) is 5.32 Å². The second-order valence-corrected chi connectivity index (χ2v) is 5.81. The maximum atomic E-state index is 13.3. The van der Waals surface area contributed by atoms with Gasteiger partial charge in [0.05, 0.1) is 5.75 Å². The van der Waals surface area contributed by atoms with E-state index < -0.39 is 21.5 Å². The second-order valence-electron chi connectivity index (χ2n) is 3.88. The Morgan fingerprint density at radius 3 is 2.71 bits per heavy atom. The smallest absolute Gasteiger partial charge is 0.173 e. The molecule has 3 nitrogen and oxygen atoms in total. The van der Waals surface area contributed by atoms with Gasteiger partial charge in [-0.1, -0.05) is 12.1 Å². The summed E-state index contributed by atoms with van der Waals surface area (Å²) >= 11 is 0. The zero-order valence-corrected chi connectivity index (χ0v) is 9.68. The van der Waals surface area contributed by atoms with E-state index in [1.165, 1.54) is 18.2 Å². The van der Waals surface area contributed by atoms with Gasteiger partial charge in [0.1, 0.15) is 11.6 Å². The number of nitrogens with one attached hydrogen (secondary N) is 1. The van der Waals surface area contributed by atoms with Crippen molar-refractivity contribution in [2.24, 2.45) is 0 Å². The molecule has 0 fully saturated rings. The SMILES string of the molecule is O=S1(=O)C=CC(NCc2ccc(F)cc2F)C1. The lowest BCUT2D eigenvalue weighted by atomic mass is 10.2. The van der Waals surface area contributed by atoms with Crippen molar-refractivity contribution >= 4 is 9.84 Å². The van der Waals surface area contributed by atoms with Crippen LogP contribution in [0.3, 0.4) is 0 Å². The molecule has 2 rings (SSSR count). The van der Waals surface area contributed by atoms with Gasteiger partial charge in [0.15, 0.2) is 9.84 Å². The summed E-state index contributed by atoms with van der Waals surface area (Å²) in [6.07, 6.45) is 1.52. The molecule has 0 bridgehead atoms.